The van der Waals surface area contributed by atoms with Gasteiger partial charge in [-0.1, -0.05) is 29.8 Å². The fourth-order valence-corrected chi connectivity index (χ4v) is 4.66. The predicted molar refractivity (Wildman–Crippen MR) is 102 cm³/mol. The Bertz CT molecular complexity index is 1070. The van der Waals surface area contributed by atoms with Crippen molar-refractivity contribution in [2.45, 2.75) is 17.8 Å². The average Bonchev–Trinajstić information content (AvgIpc) is 2.80. The van der Waals surface area contributed by atoms with Gasteiger partial charge >= 0.3 is 6.36 Å². The number of anilines is 1. The molecule has 28 heavy (non-hydrogen) atoms. The van der Waals surface area contributed by atoms with Gasteiger partial charge in [0.1, 0.15) is 11.6 Å². The number of nitrogens with zero attached hydrogens (tertiary/aromatic N) is 2. The molecule has 4 nitrogen and oxygen atoms in total. The molecule has 1 unspecified atom stereocenters. The molecule has 0 aliphatic carbocycles. The zero-order chi connectivity index (χ0) is 19.9. The van der Waals surface area contributed by atoms with Crippen molar-refractivity contribution in [3.8, 4) is 5.75 Å². The third-order valence-corrected chi connectivity index (χ3v) is 6.15. The summed E-state index contributed by atoms with van der Waals surface area (Å²) in [5, 5.41) is 0.636. The monoisotopic (exact) mass is 426 g/mol. The molecule has 0 bridgehead atoms. The zero-order valence-corrected chi connectivity index (χ0v) is 15.9. The van der Waals surface area contributed by atoms with Gasteiger partial charge in [0.05, 0.1) is 21.3 Å². The maximum atomic E-state index is 12.4. The van der Waals surface area contributed by atoms with Crippen LogP contribution in [0.2, 0.25) is 5.02 Å². The number of aromatic nitrogens is 1. The van der Waals surface area contributed by atoms with E-state index >= 15 is 0 Å². The summed E-state index contributed by atoms with van der Waals surface area (Å²) in [5.41, 5.74) is 1.40. The van der Waals surface area contributed by atoms with E-state index in [1.807, 2.05) is 29.2 Å². The Labute approximate surface area is 166 Å². The third kappa shape index (κ3) is 3.93. The van der Waals surface area contributed by atoms with Crippen molar-refractivity contribution in [2.24, 2.45) is 0 Å². The van der Waals surface area contributed by atoms with Crippen molar-refractivity contribution >= 4 is 39.1 Å². The maximum Gasteiger partial charge on any atom is 0.573 e. The predicted octanol–water partition coefficient (Wildman–Crippen LogP) is 4.91. The highest BCUT2D eigenvalue weighted by molar-refractivity contribution is 7.85. The summed E-state index contributed by atoms with van der Waals surface area (Å²) in [6.07, 6.45) is -4.78. The van der Waals surface area contributed by atoms with E-state index in [2.05, 4.69) is 9.72 Å². The maximum absolute atomic E-state index is 12.4. The fourth-order valence-electron chi connectivity index (χ4n) is 3.15. The van der Waals surface area contributed by atoms with Crippen LogP contribution in [0.15, 0.2) is 53.4 Å². The first-order valence-electron chi connectivity index (χ1n) is 8.37. The first kappa shape index (κ1) is 19.0. The van der Waals surface area contributed by atoms with Gasteiger partial charge in [0.15, 0.2) is 0 Å². The second-order valence-electron chi connectivity index (χ2n) is 6.27. The van der Waals surface area contributed by atoms with E-state index in [4.69, 9.17) is 11.6 Å². The van der Waals surface area contributed by atoms with Crippen LogP contribution in [0, 0.1) is 0 Å². The molecule has 0 radical (unpaired) electrons. The number of hydrogen-bond donors (Lipinski definition) is 0. The van der Waals surface area contributed by atoms with Crippen molar-refractivity contribution in [1.29, 1.82) is 0 Å². The molecule has 0 saturated heterocycles. The number of ether oxygens (including phenoxy) is 1. The topological polar surface area (TPSA) is 42.4 Å². The minimum Gasteiger partial charge on any atom is -0.406 e. The summed E-state index contributed by atoms with van der Waals surface area (Å²) in [5.74, 6) is 0.679. The molecular formula is C19H14ClF3N2O2S. The lowest BCUT2D eigenvalue weighted by Crippen LogP contribution is -2.25. The molecule has 146 valence electrons. The second kappa shape index (κ2) is 7.25. The molecule has 0 fully saturated rings. The molecule has 1 atom stereocenters. The molecule has 1 aliphatic rings. The standard InChI is InChI=1S/C19H14ClF3N2O2S/c20-15-10-18(24-16-6-5-13(9-14(15)16)27-19(21,22)23)25-7-8-28(26)17-4-2-1-3-12(17)11-25/h1-6,9-10H,7-8,11H2. The van der Waals surface area contributed by atoms with Crippen LogP contribution in [-0.4, -0.2) is 27.9 Å². The quantitative estimate of drug-likeness (QED) is 0.583. The lowest BCUT2D eigenvalue weighted by Gasteiger charge is -2.22. The van der Waals surface area contributed by atoms with Crippen molar-refractivity contribution in [2.75, 3.05) is 17.2 Å². The van der Waals surface area contributed by atoms with Gasteiger partial charge in [0.25, 0.3) is 0 Å². The van der Waals surface area contributed by atoms with E-state index in [9.17, 15) is 17.4 Å². The Morgan fingerprint density at radius 3 is 2.71 bits per heavy atom. The van der Waals surface area contributed by atoms with Crippen molar-refractivity contribution in [3.05, 3.63) is 59.1 Å². The SMILES string of the molecule is O=S1CCN(c2cc(Cl)c3cc(OC(F)(F)F)ccc3n2)Cc2ccccc21. The number of benzene rings is 2. The molecule has 4 rings (SSSR count). The van der Waals surface area contributed by atoms with E-state index in [0.717, 1.165) is 10.5 Å². The Morgan fingerprint density at radius 2 is 1.93 bits per heavy atom. The van der Waals surface area contributed by atoms with Crippen molar-refractivity contribution in [3.63, 3.8) is 0 Å². The van der Waals surface area contributed by atoms with E-state index in [-0.39, 0.29) is 10.8 Å². The molecule has 2 aromatic carbocycles. The van der Waals surface area contributed by atoms with Gasteiger partial charge in [0, 0.05) is 29.1 Å². The lowest BCUT2D eigenvalue weighted by molar-refractivity contribution is -0.274. The number of halogens is 4. The zero-order valence-electron chi connectivity index (χ0n) is 14.4. The molecule has 1 aromatic heterocycles. The Hall–Kier alpha value is -2.32. The summed E-state index contributed by atoms with van der Waals surface area (Å²) >= 11 is 6.33. The van der Waals surface area contributed by atoms with Crippen molar-refractivity contribution < 1.29 is 22.1 Å². The van der Waals surface area contributed by atoms with Crippen LogP contribution in [0.25, 0.3) is 10.9 Å². The smallest absolute Gasteiger partial charge is 0.406 e. The van der Waals surface area contributed by atoms with Gasteiger partial charge in [-0.15, -0.1) is 13.2 Å². The Kier molecular flexibility index (Phi) is 4.93. The van der Waals surface area contributed by atoms with Crippen LogP contribution < -0.4 is 9.64 Å². The summed E-state index contributed by atoms with van der Waals surface area (Å²) in [4.78, 5) is 7.32. The van der Waals surface area contributed by atoms with E-state index in [1.165, 1.54) is 18.2 Å². The lowest BCUT2D eigenvalue weighted by atomic mass is 10.2. The highest BCUT2D eigenvalue weighted by Crippen LogP contribution is 2.33. The largest absolute Gasteiger partial charge is 0.573 e. The second-order valence-corrected chi connectivity index (χ2v) is 8.21. The summed E-state index contributed by atoms with van der Waals surface area (Å²) in [6, 6.07) is 13.0. The highest BCUT2D eigenvalue weighted by atomic mass is 35.5. The molecule has 9 heteroatoms. The first-order valence-corrected chi connectivity index (χ1v) is 10.1. The number of hydrogen-bond acceptors (Lipinski definition) is 4. The third-order valence-electron chi connectivity index (χ3n) is 4.40. The first-order chi connectivity index (χ1) is 13.3. The van der Waals surface area contributed by atoms with Gasteiger partial charge < -0.3 is 9.64 Å². The molecule has 0 spiro atoms. The molecular weight excluding hydrogens is 413 g/mol. The molecule has 1 aliphatic heterocycles. The Morgan fingerprint density at radius 1 is 1.14 bits per heavy atom. The van der Waals surface area contributed by atoms with Crippen LogP contribution in [0.4, 0.5) is 19.0 Å². The molecule has 0 N–H and O–H groups in total. The van der Waals surface area contributed by atoms with Gasteiger partial charge in [-0.05, 0) is 35.9 Å². The van der Waals surface area contributed by atoms with E-state index < -0.39 is 17.2 Å². The molecule has 0 amide bonds. The summed E-state index contributed by atoms with van der Waals surface area (Å²) < 4.78 is 53.7. The summed E-state index contributed by atoms with van der Waals surface area (Å²) in [7, 11) is -1.10. The van der Waals surface area contributed by atoms with E-state index in [0.29, 0.717) is 35.6 Å². The van der Waals surface area contributed by atoms with Crippen LogP contribution in [0.1, 0.15) is 5.56 Å². The van der Waals surface area contributed by atoms with Crippen LogP contribution in [0.5, 0.6) is 5.75 Å². The van der Waals surface area contributed by atoms with Crippen LogP contribution in [-0.2, 0) is 17.3 Å². The number of rotatable bonds is 2. The minimum atomic E-state index is -4.78. The van der Waals surface area contributed by atoms with Gasteiger partial charge in [-0.2, -0.15) is 0 Å². The average molecular weight is 427 g/mol. The number of fused-ring (bicyclic) bond motifs is 2. The number of alkyl halides is 3. The molecule has 3 aromatic rings. The molecule has 0 saturated carbocycles. The highest BCUT2D eigenvalue weighted by Gasteiger charge is 2.31. The van der Waals surface area contributed by atoms with Gasteiger partial charge in [-0.25, -0.2) is 4.98 Å². The number of pyridine rings is 1. The van der Waals surface area contributed by atoms with Crippen LogP contribution >= 0.6 is 11.6 Å². The summed E-state index contributed by atoms with van der Waals surface area (Å²) in [6.45, 7) is 1.04. The van der Waals surface area contributed by atoms with Crippen molar-refractivity contribution in [1.82, 2.24) is 4.98 Å². The van der Waals surface area contributed by atoms with E-state index in [1.54, 1.807) is 6.07 Å². The van der Waals surface area contributed by atoms with Gasteiger partial charge in [0.2, 0.25) is 0 Å². The molecule has 2 heterocycles. The van der Waals surface area contributed by atoms with Crippen LogP contribution in [0.3, 0.4) is 0 Å². The van der Waals surface area contributed by atoms with Gasteiger partial charge in [-0.3, -0.25) is 4.21 Å². The minimum absolute atomic E-state index is 0.270. The normalized spacial score (nSPS) is 17.3. The Balaban J connectivity index is 1.70. The fraction of sp³-hybridized carbons (Fsp3) is 0.211.